The third-order valence-electron chi connectivity index (χ3n) is 2.85. The number of aliphatic hydroxyl groups excluding tert-OH is 1. The van der Waals surface area contributed by atoms with E-state index in [1.54, 1.807) is 31.2 Å². The Morgan fingerprint density at radius 3 is 2.43 bits per heavy atom. The molecule has 114 valence electrons. The number of aliphatic hydroxyl groups is 1. The number of halogens is 3. The quantitative estimate of drug-likeness (QED) is 0.891. The predicted molar refractivity (Wildman–Crippen MR) is 72.0 cm³/mol. The molecule has 0 bridgehead atoms. The van der Waals surface area contributed by atoms with E-state index in [4.69, 9.17) is 5.11 Å². The Balaban J connectivity index is 2.03. The SMILES string of the molecule is CC(O)CNCc1ccc(-n2ccc(C(F)(F)F)n2)cc1. The van der Waals surface area contributed by atoms with Gasteiger partial charge >= 0.3 is 6.18 Å². The van der Waals surface area contributed by atoms with Crippen molar-refractivity contribution in [1.82, 2.24) is 15.1 Å². The van der Waals surface area contributed by atoms with Gasteiger partial charge in [-0.3, -0.25) is 0 Å². The molecule has 2 aromatic rings. The molecular weight excluding hydrogens is 283 g/mol. The van der Waals surface area contributed by atoms with E-state index in [-0.39, 0.29) is 0 Å². The monoisotopic (exact) mass is 299 g/mol. The average Bonchev–Trinajstić information content (AvgIpc) is 2.88. The standard InChI is InChI=1S/C14H16F3N3O/c1-10(21)8-18-9-11-2-4-12(5-3-11)20-7-6-13(19-20)14(15,16)17/h2-7,10,18,21H,8-9H2,1H3. The second-order valence-corrected chi connectivity index (χ2v) is 4.79. The van der Waals surface area contributed by atoms with Crippen molar-refractivity contribution in [3.05, 3.63) is 47.8 Å². The van der Waals surface area contributed by atoms with E-state index in [9.17, 15) is 13.2 Å². The van der Waals surface area contributed by atoms with Crippen molar-refractivity contribution in [1.29, 1.82) is 0 Å². The third-order valence-corrected chi connectivity index (χ3v) is 2.85. The predicted octanol–water partition coefficient (Wildman–Crippen LogP) is 2.36. The van der Waals surface area contributed by atoms with Gasteiger partial charge in [0.2, 0.25) is 0 Å². The number of nitrogens with one attached hydrogen (secondary N) is 1. The maximum atomic E-state index is 12.5. The van der Waals surface area contributed by atoms with E-state index in [1.165, 1.54) is 10.9 Å². The van der Waals surface area contributed by atoms with Gasteiger partial charge in [-0.15, -0.1) is 0 Å². The van der Waals surface area contributed by atoms with Crippen LogP contribution in [0.1, 0.15) is 18.2 Å². The van der Waals surface area contributed by atoms with Gasteiger partial charge in [0.25, 0.3) is 0 Å². The summed E-state index contributed by atoms with van der Waals surface area (Å²) in [6, 6.07) is 7.95. The Bertz CT molecular complexity index is 576. The summed E-state index contributed by atoms with van der Waals surface area (Å²) in [6.45, 7) is 2.75. The highest BCUT2D eigenvalue weighted by Gasteiger charge is 2.33. The minimum atomic E-state index is -4.43. The van der Waals surface area contributed by atoms with Crippen LogP contribution >= 0.6 is 0 Å². The summed E-state index contributed by atoms with van der Waals surface area (Å²) < 4.78 is 38.6. The van der Waals surface area contributed by atoms with E-state index in [0.29, 0.717) is 18.8 Å². The molecule has 21 heavy (non-hydrogen) atoms. The lowest BCUT2D eigenvalue weighted by Gasteiger charge is -2.08. The zero-order valence-electron chi connectivity index (χ0n) is 11.4. The van der Waals surface area contributed by atoms with Gasteiger partial charge in [0.15, 0.2) is 5.69 Å². The van der Waals surface area contributed by atoms with Crippen LogP contribution in [-0.2, 0) is 12.7 Å². The van der Waals surface area contributed by atoms with Crippen molar-refractivity contribution in [2.75, 3.05) is 6.54 Å². The molecule has 0 aliphatic rings. The van der Waals surface area contributed by atoms with Crippen molar-refractivity contribution >= 4 is 0 Å². The van der Waals surface area contributed by atoms with E-state index in [1.807, 2.05) is 0 Å². The molecule has 7 heteroatoms. The molecule has 0 saturated heterocycles. The van der Waals surface area contributed by atoms with Crippen molar-refractivity contribution in [2.45, 2.75) is 25.7 Å². The Morgan fingerprint density at radius 2 is 1.90 bits per heavy atom. The number of hydrogen-bond donors (Lipinski definition) is 2. The lowest BCUT2D eigenvalue weighted by molar-refractivity contribution is -0.141. The van der Waals surface area contributed by atoms with Crippen LogP contribution in [0.25, 0.3) is 5.69 Å². The summed E-state index contributed by atoms with van der Waals surface area (Å²) in [5.74, 6) is 0. The second-order valence-electron chi connectivity index (χ2n) is 4.79. The number of nitrogens with zero attached hydrogens (tertiary/aromatic N) is 2. The Hall–Kier alpha value is -1.86. The summed E-state index contributed by atoms with van der Waals surface area (Å²) in [5.41, 5.74) is 0.623. The lowest BCUT2D eigenvalue weighted by Crippen LogP contribution is -2.23. The highest BCUT2D eigenvalue weighted by Crippen LogP contribution is 2.27. The summed E-state index contributed by atoms with van der Waals surface area (Å²) in [7, 11) is 0. The van der Waals surface area contributed by atoms with Crippen LogP contribution in [0.5, 0.6) is 0 Å². The van der Waals surface area contributed by atoms with Crippen LogP contribution in [0.4, 0.5) is 13.2 Å². The summed E-state index contributed by atoms with van der Waals surface area (Å²) in [5, 5.41) is 15.7. The van der Waals surface area contributed by atoms with Crippen LogP contribution in [0.15, 0.2) is 36.5 Å². The number of aromatic nitrogens is 2. The van der Waals surface area contributed by atoms with E-state index >= 15 is 0 Å². The molecule has 1 heterocycles. The van der Waals surface area contributed by atoms with Gasteiger partial charge in [-0.05, 0) is 30.7 Å². The normalized spacial score (nSPS) is 13.4. The highest BCUT2D eigenvalue weighted by molar-refractivity contribution is 5.34. The van der Waals surface area contributed by atoms with Gasteiger partial charge in [0.05, 0.1) is 11.8 Å². The van der Waals surface area contributed by atoms with E-state index in [2.05, 4.69) is 10.4 Å². The summed E-state index contributed by atoms with van der Waals surface area (Å²) in [6.07, 6.45) is -3.58. The average molecular weight is 299 g/mol. The van der Waals surface area contributed by atoms with Crippen molar-refractivity contribution in [3.8, 4) is 5.69 Å². The number of hydrogen-bond acceptors (Lipinski definition) is 3. The molecule has 2 rings (SSSR count). The maximum Gasteiger partial charge on any atom is 0.435 e. The zero-order valence-corrected chi connectivity index (χ0v) is 11.4. The summed E-state index contributed by atoms with van der Waals surface area (Å²) >= 11 is 0. The third kappa shape index (κ3) is 4.30. The van der Waals surface area contributed by atoms with Crippen molar-refractivity contribution in [2.24, 2.45) is 0 Å². The molecular formula is C14H16F3N3O. The first-order valence-electron chi connectivity index (χ1n) is 6.47. The van der Waals surface area contributed by atoms with E-state index < -0.39 is 18.0 Å². The number of rotatable bonds is 5. The first kappa shape index (κ1) is 15.5. The lowest BCUT2D eigenvalue weighted by atomic mass is 10.2. The molecule has 0 fully saturated rings. The van der Waals surface area contributed by atoms with Gasteiger partial charge in [0.1, 0.15) is 0 Å². The van der Waals surface area contributed by atoms with Gasteiger partial charge in [-0.2, -0.15) is 18.3 Å². The Labute approximate surface area is 120 Å². The van der Waals surface area contributed by atoms with Crippen LogP contribution in [0, 0.1) is 0 Å². The molecule has 4 nitrogen and oxygen atoms in total. The first-order chi connectivity index (χ1) is 9.86. The maximum absolute atomic E-state index is 12.5. The molecule has 0 aliphatic carbocycles. The van der Waals surface area contributed by atoms with Gasteiger partial charge in [-0.1, -0.05) is 12.1 Å². The highest BCUT2D eigenvalue weighted by atomic mass is 19.4. The van der Waals surface area contributed by atoms with Gasteiger partial charge < -0.3 is 10.4 Å². The Morgan fingerprint density at radius 1 is 1.24 bits per heavy atom. The Kier molecular flexibility index (Phi) is 4.64. The molecule has 1 unspecified atom stereocenters. The molecule has 2 N–H and O–H groups in total. The molecule has 0 radical (unpaired) electrons. The van der Waals surface area contributed by atoms with Gasteiger partial charge in [-0.25, -0.2) is 4.68 Å². The fourth-order valence-electron chi connectivity index (χ4n) is 1.81. The van der Waals surface area contributed by atoms with Crippen LogP contribution < -0.4 is 5.32 Å². The van der Waals surface area contributed by atoms with Gasteiger partial charge in [0, 0.05) is 19.3 Å². The number of benzene rings is 1. The van der Waals surface area contributed by atoms with Crippen LogP contribution in [0.3, 0.4) is 0 Å². The largest absolute Gasteiger partial charge is 0.435 e. The van der Waals surface area contributed by atoms with Crippen molar-refractivity contribution in [3.63, 3.8) is 0 Å². The summed E-state index contributed by atoms with van der Waals surface area (Å²) in [4.78, 5) is 0. The first-order valence-corrected chi connectivity index (χ1v) is 6.47. The molecule has 1 atom stereocenters. The topological polar surface area (TPSA) is 50.1 Å². The van der Waals surface area contributed by atoms with Crippen LogP contribution in [-0.4, -0.2) is 27.5 Å². The molecule has 0 amide bonds. The second kappa shape index (κ2) is 6.28. The minimum Gasteiger partial charge on any atom is -0.392 e. The molecule has 0 aliphatic heterocycles. The fourth-order valence-corrected chi connectivity index (χ4v) is 1.81. The number of alkyl halides is 3. The smallest absolute Gasteiger partial charge is 0.392 e. The molecule has 0 spiro atoms. The van der Waals surface area contributed by atoms with E-state index in [0.717, 1.165) is 11.6 Å². The molecule has 0 saturated carbocycles. The molecule has 1 aromatic carbocycles. The van der Waals surface area contributed by atoms with Crippen LogP contribution in [0.2, 0.25) is 0 Å². The van der Waals surface area contributed by atoms with Crippen molar-refractivity contribution < 1.29 is 18.3 Å². The molecule has 1 aromatic heterocycles. The fraction of sp³-hybridized carbons (Fsp3) is 0.357. The minimum absolute atomic E-state index is 0.422. The zero-order chi connectivity index (χ0) is 15.5.